The molecule has 0 spiro atoms. The van der Waals surface area contributed by atoms with E-state index in [0.29, 0.717) is 29.1 Å². The van der Waals surface area contributed by atoms with E-state index in [1.807, 2.05) is 11.5 Å². The number of hydrogen-bond donors (Lipinski definition) is 0. The molecule has 1 aromatic carbocycles. The lowest BCUT2D eigenvalue weighted by Crippen LogP contribution is -2.21. The molecule has 4 nitrogen and oxygen atoms in total. The van der Waals surface area contributed by atoms with Gasteiger partial charge in [0.15, 0.2) is 4.80 Å². The average Bonchev–Trinajstić information content (AvgIpc) is 2.83. The molecule has 1 aromatic heterocycles. The van der Waals surface area contributed by atoms with Gasteiger partial charge in [0, 0.05) is 29.8 Å². The second-order valence-electron chi connectivity index (χ2n) is 7.07. The maximum absolute atomic E-state index is 13.5. The zero-order valence-corrected chi connectivity index (χ0v) is 16.5. The molecule has 0 radical (unpaired) electrons. The molecule has 0 unspecified atom stereocenters. The monoisotopic (exact) mass is 364 g/mol. The Hall–Kier alpha value is -1.79. The predicted octanol–water partition coefficient (Wildman–Crippen LogP) is 3.99. The van der Waals surface area contributed by atoms with E-state index in [4.69, 9.17) is 4.74 Å². The van der Waals surface area contributed by atoms with E-state index < -0.39 is 11.7 Å². The summed E-state index contributed by atoms with van der Waals surface area (Å²) in [5.41, 5.74) is 2.04. The summed E-state index contributed by atoms with van der Waals surface area (Å²) in [6.07, 6.45) is 0. The van der Waals surface area contributed by atoms with E-state index >= 15 is 0 Å². The highest BCUT2D eigenvalue weighted by atomic mass is 32.1. The van der Waals surface area contributed by atoms with Crippen LogP contribution in [0.5, 0.6) is 0 Å². The lowest BCUT2D eigenvalue weighted by molar-refractivity contribution is 0.0996. The van der Waals surface area contributed by atoms with Crippen molar-refractivity contribution in [1.82, 2.24) is 4.57 Å². The summed E-state index contributed by atoms with van der Waals surface area (Å²) in [5, 5.41) is 0. The number of amides is 1. The van der Waals surface area contributed by atoms with Crippen molar-refractivity contribution in [3.63, 3.8) is 0 Å². The Morgan fingerprint density at radius 1 is 1.32 bits per heavy atom. The smallest absolute Gasteiger partial charge is 0.280 e. The van der Waals surface area contributed by atoms with Gasteiger partial charge in [0.05, 0.1) is 6.61 Å². The van der Waals surface area contributed by atoms with Crippen LogP contribution in [0.3, 0.4) is 0 Å². The second-order valence-corrected chi connectivity index (χ2v) is 8.05. The Bertz CT molecular complexity index is 844. The summed E-state index contributed by atoms with van der Waals surface area (Å²) in [4.78, 5) is 18.7. The van der Waals surface area contributed by atoms with Gasteiger partial charge in [0.25, 0.3) is 5.91 Å². The molecule has 0 fully saturated rings. The first kappa shape index (κ1) is 19.5. The lowest BCUT2D eigenvalue weighted by Gasteiger charge is -2.17. The number of hydrogen-bond acceptors (Lipinski definition) is 3. The Morgan fingerprint density at radius 2 is 2.00 bits per heavy atom. The third kappa shape index (κ3) is 4.44. The fourth-order valence-electron chi connectivity index (χ4n) is 2.68. The fraction of sp³-hybridized carbons (Fsp3) is 0.474. The molecule has 0 atom stereocenters. The Labute approximate surface area is 152 Å². The second kappa shape index (κ2) is 7.62. The molecule has 0 bridgehead atoms. The van der Waals surface area contributed by atoms with Gasteiger partial charge >= 0.3 is 0 Å². The third-order valence-electron chi connectivity index (χ3n) is 3.99. The summed E-state index contributed by atoms with van der Waals surface area (Å²) in [5.74, 6) is -0.862. The first-order valence-electron chi connectivity index (χ1n) is 8.20. The number of aromatic nitrogens is 1. The van der Waals surface area contributed by atoms with Gasteiger partial charge < -0.3 is 9.30 Å². The topological polar surface area (TPSA) is 43.6 Å². The Morgan fingerprint density at radius 3 is 2.60 bits per heavy atom. The molecule has 0 aliphatic carbocycles. The molecule has 25 heavy (non-hydrogen) atoms. The maximum Gasteiger partial charge on any atom is 0.280 e. The van der Waals surface area contributed by atoms with Gasteiger partial charge in [-0.1, -0.05) is 26.8 Å². The number of nitrogens with zero attached hydrogens (tertiary/aromatic N) is 2. The first-order chi connectivity index (χ1) is 11.6. The van der Waals surface area contributed by atoms with Gasteiger partial charge in [-0.2, -0.15) is 4.99 Å². The summed E-state index contributed by atoms with van der Waals surface area (Å²) in [6, 6.07) is 4.18. The van der Waals surface area contributed by atoms with Crippen LogP contribution in [0.1, 0.15) is 47.3 Å². The van der Waals surface area contributed by atoms with Crippen molar-refractivity contribution in [3.05, 3.63) is 50.5 Å². The van der Waals surface area contributed by atoms with E-state index in [1.165, 1.54) is 28.3 Å². The van der Waals surface area contributed by atoms with Crippen LogP contribution >= 0.6 is 11.3 Å². The van der Waals surface area contributed by atoms with Crippen LogP contribution in [-0.2, 0) is 16.7 Å². The van der Waals surface area contributed by atoms with E-state index in [-0.39, 0.29) is 5.41 Å². The molecule has 0 aliphatic rings. The number of thiazole rings is 1. The van der Waals surface area contributed by atoms with Crippen molar-refractivity contribution >= 4 is 17.2 Å². The van der Waals surface area contributed by atoms with E-state index in [2.05, 4.69) is 25.8 Å². The van der Waals surface area contributed by atoms with Gasteiger partial charge in [-0.05, 0) is 37.0 Å². The third-order valence-corrected chi connectivity index (χ3v) is 5.59. The van der Waals surface area contributed by atoms with Crippen molar-refractivity contribution < 1.29 is 13.9 Å². The molecule has 6 heteroatoms. The SMILES string of the molecule is COCCn1c(C)c(C(C)(C)C)s/c1=N\C(=O)c1cc(F)ccc1C. The van der Waals surface area contributed by atoms with Crippen molar-refractivity contribution in [3.8, 4) is 0 Å². The number of ether oxygens (including phenoxy) is 1. The zero-order chi connectivity index (χ0) is 18.8. The Balaban J connectivity index is 2.57. The standard InChI is InChI=1S/C19H25FN2O2S/c1-12-7-8-14(20)11-15(12)17(23)21-18-22(9-10-24-6)13(2)16(25-18)19(3,4)5/h7-8,11H,9-10H2,1-6H3/b21-18-. The number of halogens is 1. The maximum atomic E-state index is 13.5. The van der Waals surface area contributed by atoms with Gasteiger partial charge in [0.2, 0.25) is 0 Å². The van der Waals surface area contributed by atoms with Crippen LogP contribution in [0, 0.1) is 19.7 Å². The van der Waals surface area contributed by atoms with Crippen molar-refractivity contribution in [2.24, 2.45) is 4.99 Å². The van der Waals surface area contributed by atoms with E-state index in [9.17, 15) is 9.18 Å². The molecule has 0 aliphatic heterocycles. The van der Waals surface area contributed by atoms with Crippen LogP contribution < -0.4 is 4.80 Å². The average molecular weight is 364 g/mol. The minimum Gasteiger partial charge on any atom is -0.383 e. The molecule has 1 amide bonds. The quantitative estimate of drug-likeness (QED) is 0.823. The number of carbonyl (C=O) groups is 1. The molecule has 0 saturated carbocycles. The molecule has 2 rings (SSSR count). The highest BCUT2D eigenvalue weighted by molar-refractivity contribution is 7.09. The number of benzene rings is 1. The fourth-order valence-corrected chi connectivity index (χ4v) is 3.90. The largest absolute Gasteiger partial charge is 0.383 e. The van der Waals surface area contributed by atoms with Crippen LogP contribution in [0.15, 0.2) is 23.2 Å². The highest BCUT2D eigenvalue weighted by Gasteiger charge is 2.22. The number of rotatable bonds is 4. The highest BCUT2D eigenvalue weighted by Crippen LogP contribution is 2.28. The summed E-state index contributed by atoms with van der Waals surface area (Å²) < 4.78 is 20.7. The van der Waals surface area contributed by atoms with Crippen molar-refractivity contribution in [2.75, 3.05) is 13.7 Å². The Kier molecular flexibility index (Phi) is 5.95. The first-order valence-corrected chi connectivity index (χ1v) is 9.01. The van der Waals surface area contributed by atoms with Crippen LogP contribution in [-0.4, -0.2) is 24.2 Å². The molecule has 0 saturated heterocycles. The molecular weight excluding hydrogens is 339 g/mol. The minimum atomic E-state index is -0.436. The summed E-state index contributed by atoms with van der Waals surface area (Å²) >= 11 is 1.50. The molecular formula is C19H25FN2O2S. The van der Waals surface area contributed by atoms with Crippen molar-refractivity contribution in [1.29, 1.82) is 0 Å². The van der Waals surface area contributed by atoms with Crippen LogP contribution in [0.4, 0.5) is 4.39 Å². The minimum absolute atomic E-state index is 0.0465. The molecule has 136 valence electrons. The number of aryl methyl sites for hydroxylation is 1. The molecule has 2 aromatic rings. The zero-order valence-electron chi connectivity index (χ0n) is 15.6. The molecule has 1 heterocycles. The van der Waals surface area contributed by atoms with E-state index in [1.54, 1.807) is 20.1 Å². The normalized spacial score (nSPS) is 12.7. The summed E-state index contributed by atoms with van der Waals surface area (Å²) in [7, 11) is 1.64. The van der Waals surface area contributed by atoms with Crippen LogP contribution in [0.2, 0.25) is 0 Å². The van der Waals surface area contributed by atoms with Crippen LogP contribution in [0.25, 0.3) is 0 Å². The summed E-state index contributed by atoms with van der Waals surface area (Å²) in [6.45, 7) is 11.4. The predicted molar refractivity (Wildman–Crippen MR) is 98.7 cm³/mol. The molecule has 0 N–H and O–H groups in total. The van der Waals surface area contributed by atoms with Gasteiger partial charge in [0.1, 0.15) is 5.82 Å². The van der Waals surface area contributed by atoms with Gasteiger partial charge in [-0.15, -0.1) is 11.3 Å². The van der Waals surface area contributed by atoms with Crippen molar-refractivity contribution in [2.45, 2.75) is 46.6 Å². The lowest BCUT2D eigenvalue weighted by atomic mass is 9.93. The van der Waals surface area contributed by atoms with Gasteiger partial charge in [-0.3, -0.25) is 4.79 Å². The number of methoxy groups -OCH3 is 1. The van der Waals surface area contributed by atoms with Gasteiger partial charge in [-0.25, -0.2) is 4.39 Å². The number of carbonyl (C=O) groups excluding carboxylic acids is 1. The van der Waals surface area contributed by atoms with E-state index in [0.717, 1.165) is 5.69 Å².